The molecule has 0 unspecified atom stereocenters. The molecule has 20 heavy (non-hydrogen) atoms. The van der Waals surface area contributed by atoms with Crippen LogP contribution in [-0.2, 0) is 6.42 Å². The van der Waals surface area contributed by atoms with E-state index in [4.69, 9.17) is 16.7 Å². The summed E-state index contributed by atoms with van der Waals surface area (Å²) in [5.41, 5.74) is 2.35. The number of carbonyl (C=O) groups is 1. The Hall–Kier alpha value is -1.84. The largest absolute Gasteiger partial charge is 0.396 e. The lowest BCUT2D eigenvalue weighted by molar-refractivity contribution is 0.102. The fraction of sp³-hybridized carbons (Fsp3) is 0.188. The number of halogens is 1. The number of aliphatic hydroxyl groups is 1. The van der Waals surface area contributed by atoms with Crippen LogP contribution in [0.1, 0.15) is 22.3 Å². The highest BCUT2D eigenvalue weighted by atomic mass is 35.5. The molecule has 4 heteroatoms. The smallest absolute Gasteiger partial charge is 0.255 e. The molecule has 0 atom stereocenters. The van der Waals surface area contributed by atoms with E-state index in [1.54, 1.807) is 24.3 Å². The van der Waals surface area contributed by atoms with Gasteiger partial charge in [0.1, 0.15) is 0 Å². The first-order valence-corrected chi connectivity index (χ1v) is 6.83. The van der Waals surface area contributed by atoms with E-state index in [9.17, 15) is 4.79 Å². The van der Waals surface area contributed by atoms with Crippen LogP contribution in [0.25, 0.3) is 0 Å². The van der Waals surface area contributed by atoms with Crippen LogP contribution in [0.4, 0.5) is 5.69 Å². The third-order valence-corrected chi connectivity index (χ3v) is 3.13. The maximum Gasteiger partial charge on any atom is 0.255 e. The molecule has 0 fully saturated rings. The van der Waals surface area contributed by atoms with E-state index in [-0.39, 0.29) is 12.5 Å². The van der Waals surface area contributed by atoms with E-state index in [2.05, 4.69) is 5.32 Å². The molecule has 1 amide bonds. The van der Waals surface area contributed by atoms with E-state index in [0.717, 1.165) is 17.7 Å². The zero-order valence-electron chi connectivity index (χ0n) is 11.0. The molecule has 2 aromatic rings. The molecule has 2 rings (SSSR count). The molecule has 0 aliphatic rings. The first kappa shape index (κ1) is 14.6. The monoisotopic (exact) mass is 289 g/mol. The fourth-order valence-corrected chi connectivity index (χ4v) is 2.11. The normalized spacial score (nSPS) is 10.3. The number of anilines is 1. The van der Waals surface area contributed by atoms with Gasteiger partial charge in [-0.1, -0.05) is 29.8 Å². The highest BCUT2D eigenvalue weighted by Gasteiger charge is 2.06. The number of nitrogens with one attached hydrogen (secondary N) is 1. The summed E-state index contributed by atoms with van der Waals surface area (Å²) < 4.78 is 0. The van der Waals surface area contributed by atoms with Crippen LogP contribution >= 0.6 is 11.6 Å². The van der Waals surface area contributed by atoms with Gasteiger partial charge in [0.2, 0.25) is 0 Å². The number of hydrogen-bond acceptors (Lipinski definition) is 2. The summed E-state index contributed by atoms with van der Waals surface area (Å²) in [4.78, 5) is 12.1. The van der Waals surface area contributed by atoms with Gasteiger partial charge in [0, 0.05) is 22.9 Å². The molecule has 0 bridgehead atoms. The predicted molar refractivity (Wildman–Crippen MR) is 81.3 cm³/mol. The van der Waals surface area contributed by atoms with Crippen molar-refractivity contribution in [3.63, 3.8) is 0 Å². The summed E-state index contributed by atoms with van der Waals surface area (Å²) in [6, 6.07) is 14.4. The Bertz CT molecular complexity index is 599. The minimum absolute atomic E-state index is 0.166. The number of aliphatic hydroxyl groups excluding tert-OH is 1. The second kappa shape index (κ2) is 7.08. The average Bonchev–Trinajstić information content (AvgIpc) is 2.45. The van der Waals surface area contributed by atoms with Gasteiger partial charge >= 0.3 is 0 Å². The Kier molecular flexibility index (Phi) is 5.16. The minimum atomic E-state index is -0.188. The molecule has 0 radical (unpaired) electrons. The molecule has 2 N–H and O–H groups in total. The fourth-order valence-electron chi connectivity index (χ4n) is 1.92. The zero-order chi connectivity index (χ0) is 14.4. The molecule has 0 heterocycles. The average molecular weight is 290 g/mol. The van der Waals surface area contributed by atoms with E-state index in [1.165, 1.54) is 0 Å². The van der Waals surface area contributed by atoms with E-state index < -0.39 is 0 Å². The molecule has 0 aromatic heterocycles. The second-order valence-corrected chi connectivity index (χ2v) is 4.93. The predicted octanol–water partition coefficient (Wildman–Crippen LogP) is 3.52. The van der Waals surface area contributed by atoms with Gasteiger partial charge in [0.15, 0.2) is 0 Å². The van der Waals surface area contributed by atoms with Crippen molar-refractivity contribution in [1.29, 1.82) is 0 Å². The Morgan fingerprint density at radius 1 is 1.15 bits per heavy atom. The first-order chi connectivity index (χ1) is 9.69. The molecule has 0 spiro atoms. The summed E-state index contributed by atoms with van der Waals surface area (Å²) in [7, 11) is 0. The van der Waals surface area contributed by atoms with Gasteiger partial charge in [0.05, 0.1) is 0 Å². The molecule has 0 saturated carbocycles. The summed E-state index contributed by atoms with van der Waals surface area (Å²) >= 11 is 5.87. The third-order valence-electron chi connectivity index (χ3n) is 2.90. The number of rotatable bonds is 5. The Labute approximate surface area is 123 Å². The summed E-state index contributed by atoms with van der Waals surface area (Å²) in [6.45, 7) is 0.166. The number of benzene rings is 2. The standard InChI is InChI=1S/C16H16ClNO2/c17-14-7-2-6-13(11-14)16(20)18-15-8-1-4-12(10-15)5-3-9-19/h1-2,4,6-8,10-11,19H,3,5,9H2,(H,18,20). The molecule has 0 saturated heterocycles. The summed E-state index contributed by atoms with van der Waals surface area (Å²) in [5.74, 6) is -0.188. The highest BCUT2D eigenvalue weighted by molar-refractivity contribution is 6.31. The van der Waals surface area contributed by atoms with Crippen molar-refractivity contribution in [3.8, 4) is 0 Å². The van der Waals surface area contributed by atoms with Gasteiger partial charge in [-0.05, 0) is 48.7 Å². The van der Waals surface area contributed by atoms with Gasteiger partial charge in [0.25, 0.3) is 5.91 Å². The van der Waals surface area contributed by atoms with Crippen molar-refractivity contribution < 1.29 is 9.90 Å². The van der Waals surface area contributed by atoms with E-state index >= 15 is 0 Å². The van der Waals surface area contributed by atoms with Crippen LogP contribution in [0.3, 0.4) is 0 Å². The number of carbonyl (C=O) groups excluding carboxylic acids is 1. The molecule has 3 nitrogen and oxygen atoms in total. The lowest BCUT2D eigenvalue weighted by atomic mass is 10.1. The molecule has 0 aliphatic carbocycles. The van der Waals surface area contributed by atoms with Crippen molar-refractivity contribution in [2.24, 2.45) is 0 Å². The van der Waals surface area contributed by atoms with Gasteiger partial charge in [-0.25, -0.2) is 0 Å². The molecular weight excluding hydrogens is 274 g/mol. The number of hydrogen-bond donors (Lipinski definition) is 2. The first-order valence-electron chi connectivity index (χ1n) is 6.46. The van der Waals surface area contributed by atoms with Crippen LogP contribution in [0.5, 0.6) is 0 Å². The molecule has 104 valence electrons. The Morgan fingerprint density at radius 2 is 1.95 bits per heavy atom. The van der Waals surface area contributed by atoms with Crippen LogP contribution in [0.2, 0.25) is 5.02 Å². The Balaban J connectivity index is 2.07. The van der Waals surface area contributed by atoms with Crippen LogP contribution in [0, 0.1) is 0 Å². The van der Waals surface area contributed by atoms with Gasteiger partial charge < -0.3 is 10.4 Å². The quantitative estimate of drug-likeness (QED) is 0.885. The SMILES string of the molecule is O=C(Nc1cccc(CCCO)c1)c1cccc(Cl)c1. The second-order valence-electron chi connectivity index (χ2n) is 4.49. The topological polar surface area (TPSA) is 49.3 Å². The van der Waals surface area contributed by atoms with Crippen molar-refractivity contribution in [2.75, 3.05) is 11.9 Å². The Morgan fingerprint density at radius 3 is 2.70 bits per heavy atom. The van der Waals surface area contributed by atoms with Crippen LogP contribution in [-0.4, -0.2) is 17.6 Å². The number of amides is 1. The summed E-state index contributed by atoms with van der Waals surface area (Å²) in [5, 5.41) is 12.2. The summed E-state index contributed by atoms with van der Waals surface area (Å²) in [6.07, 6.45) is 1.50. The van der Waals surface area contributed by atoms with Crippen LogP contribution in [0.15, 0.2) is 48.5 Å². The van der Waals surface area contributed by atoms with Gasteiger partial charge in [-0.3, -0.25) is 4.79 Å². The van der Waals surface area contributed by atoms with Gasteiger partial charge in [-0.2, -0.15) is 0 Å². The lowest BCUT2D eigenvalue weighted by Crippen LogP contribution is -2.11. The van der Waals surface area contributed by atoms with Crippen molar-refractivity contribution in [2.45, 2.75) is 12.8 Å². The third kappa shape index (κ3) is 4.08. The maximum absolute atomic E-state index is 12.1. The molecular formula is C16H16ClNO2. The number of aryl methyl sites for hydroxylation is 1. The maximum atomic E-state index is 12.1. The highest BCUT2D eigenvalue weighted by Crippen LogP contribution is 2.15. The van der Waals surface area contributed by atoms with E-state index in [0.29, 0.717) is 17.0 Å². The molecule has 2 aromatic carbocycles. The van der Waals surface area contributed by atoms with Crippen molar-refractivity contribution in [1.82, 2.24) is 0 Å². The van der Waals surface area contributed by atoms with E-state index in [1.807, 2.05) is 24.3 Å². The van der Waals surface area contributed by atoms with Crippen LogP contribution < -0.4 is 5.32 Å². The minimum Gasteiger partial charge on any atom is -0.396 e. The van der Waals surface area contributed by atoms with Crippen molar-refractivity contribution >= 4 is 23.2 Å². The van der Waals surface area contributed by atoms with Gasteiger partial charge in [-0.15, -0.1) is 0 Å². The lowest BCUT2D eigenvalue weighted by Gasteiger charge is -2.07. The molecule has 0 aliphatic heterocycles. The zero-order valence-corrected chi connectivity index (χ0v) is 11.7. The van der Waals surface area contributed by atoms with Crippen molar-refractivity contribution in [3.05, 3.63) is 64.7 Å².